The maximum absolute atomic E-state index is 9.60. The molecular weight excluding hydrogens is 338 g/mol. The van der Waals surface area contributed by atoms with Crippen molar-refractivity contribution in [1.29, 1.82) is 0 Å². The highest BCUT2D eigenvalue weighted by molar-refractivity contribution is 6.18. The molecule has 0 unspecified atom stereocenters. The fourth-order valence-electron chi connectivity index (χ4n) is 3.68. The van der Waals surface area contributed by atoms with E-state index in [0.29, 0.717) is 6.54 Å². The molecule has 4 N–H and O–H groups in total. The fourth-order valence-corrected chi connectivity index (χ4v) is 3.68. The Morgan fingerprint density at radius 3 is 1.93 bits per heavy atom. The largest absolute Gasteiger partial charge is 0.394 e. The lowest BCUT2D eigenvalue weighted by Gasteiger charge is -2.29. The topological polar surface area (TPSA) is 72.7 Å². The van der Waals surface area contributed by atoms with E-state index in [1.165, 1.54) is 26.9 Å². The van der Waals surface area contributed by atoms with E-state index in [1.54, 1.807) is 0 Å². The quantitative estimate of drug-likeness (QED) is 0.399. The Hall–Kier alpha value is -2.50. The molecule has 138 valence electrons. The third kappa shape index (κ3) is 3.07. The van der Waals surface area contributed by atoms with Crippen molar-refractivity contribution in [2.45, 2.75) is 12.1 Å². The van der Waals surface area contributed by atoms with Gasteiger partial charge in [0.25, 0.3) is 0 Å². The van der Waals surface area contributed by atoms with Crippen LogP contribution in [0, 0.1) is 0 Å². The zero-order valence-corrected chi connectivity index (χ0v) is 15.0. The van der Waals surface area contributed by atoms with E-state index in [4.69, 9.17) is 0 Å². The van der Waals surface area contributed by atoms with Crippen molar-refractivity contribution in [3.8, 4) is 0 Å². The average molecular weight is 361 g/mol. The molecule has 0 aromatic heterocycles. The second-order valence-electron chi connectivity index (χ2n) is 7.07. The van der Waals surface area contributed by atoms with Crippen LogP contribution in [0.1, 0.15) is 5.56 Å². The number of hydrogen-bond donors (Lipinski definition) is 4. The Labute approximate surface area is 157 Å². The van der Waals surface area contributed by atoms with Gasteiger partial charge in [0.05, 0.1) is 25.4 Å². The zero-order valence-electron chi connectivity index (χ0n) is 15.0. The second kappa shape index (κ2) is 7.25. The number of benzene rings is 4. The monoisotopic (exact) mass is 361 g/mol. The van der Waals surface area contributed by atoms with Gasteiger partial charge >= 0.3 is 0 Å². The minimum Gasteiger partial charge on any atom is -0.394 e. The van der Waals surface area contributed by atoms with Crippen molar-refractivity contribution in [2.75, 3.05) is 19.8 Å². The molecular formula is C23H23NO3. The van der Waals surface area contributed by atoms with Crippen LogP contribution in [0.3, 0.4) is 0 Å². The van der Waals surface area contributed by atoms with Gasteiger partial charge in [0.1, 0.15) is 0 Å². The van der Waals surface area contributed by atoms with E-state index in [0.717, 1.165) is 10.9 Å². The molecule has 0 aliphatic carbocycles. The van der Waals surface area contributed by atoms with E-state index in [-0.39, 0.29) is 19.8 Å². The molecule has 4 aromatic carbocycles. The molecule has 0 bridgehead atoms. The molecule has 4 heteroatoms. The molecule has 0 spiro atoms. The summed E-state index contributed by atoms with van der Waals surface area (Å²) in [6, 6.07) is 23.0. The van der Waals surface area contributed by atoms with Crippen LogP contribution in [-0.2, 0) is 6.54 Å². The molecule has 0 saturated heterocycles. The summed E-state index contributed by atoms with van der Waals surface area (Å²) < 4.78 is 0. The Kier molecular flexibility index (Phi) is 4.81. The van der Waals surface area contributed by atoms with Crippen LogP contribution >= 0.6 is 0 Å². The standard InChI is InChI=1S/C23H23NO3/c25-13-23(14-26,15-27)24-12-17-11-22-18-6-2-1-5-16(18)9-10-21(22)20-8-4-3-7-19(17)20/h1-11,24-27H,12-15H2. The summed E-state index contributed by atoms with van der Waals surface area (Å²) in [6.07, 6.45) is 0. The van der Waals surface area contributed by atoms with Gasteiger partial charge < -0.3 is 20.6 Å². The first-order chi connectivity index (χ1) is 13.2. The normalized spacial score (nSPS) is 12.3. The van der Waals surface area contributed by atoms with E-state index >= 15 is 0 Å². The van der Waals surface area contributed by atoms with Crippen molar-refractivity contribution < 1.29 is 15.3 Å². The third-order valence-electron chi connectivity index (χ3n) is 5.41. The molecule has 4 nitrogen and oxygen atoms in total. The van der Waals surface area contributed by atoms with Crippen LogP contribution < -0.4 is 5.32 Å². The number of aliphatic hydroxyl groups excluding tert-OH is 3. The maximum Gasteiger partial charge on any atom is 0.0884 e. The van der Waals surface area contributed by atoms with Crippen molar-refractivity contribution in [3.63, 3.8) is 0 Å². The summed E-state index contributed by atoms with van der Waals surface area (Å²) in [5.41, 5.74) is -0.0383. The van der Waals surface area contributed by atoms with Crippen molar-refractivity contribution >= 4 is 32.3 Å². The minimum absolute atomic E-state index is 0.339. The first kappa shape index (κ1) is 17.9. The lowest BCUT2D eigenvalue weighted by atomic mass is 9.93. The molecule has 0 amide bonds. The van der Waals surface area contributed by atoms with Gasteiger partial charge in [-0.3, -0.25) is 0 Å². The lowest BCUT2D eigenvalue weighted by molar-refractivity contribution is 0.0414. The molecule has 0 radical (unpaired) electrons. The summed E-state index contributed by atoms with van der Waals surface area (Å²) in [7, 11) is 0. The van der Waals surface area contributed by atoms with Crippen LogP contribution in [0.25, 0.3) is 32.3 Å². The number of rotatable bonds is 6. The fraction of sp³-hybridized carbons (Fsp3) is 0.217. The number of nitrogens with one attached hydrogen (secondary N) is 1. The summed E-state index contributed by atoms with van der Waals surface area (Å²) in [5, 5.41) is 39.0. The molecule has 4 aromatic rings. The summed E-state index contributed by atoms with van der Waals surface area (Å²) in [4.78, 5) is 0. The summed E-state index contributed by atoms with van der Waals surface area (Å²) >= 11 is 0. The van der Waals surface area contributed by atoms with Crippen molar-refractivity contribution in [1.82, 2.24) is 5.32 Å². The Bertz CT molecular complexity index is 1090. The van der Waals surface area contributed by atoms with E-state index in [9.17, 15) is 15.3 Å². The molecule has 0 saturated carbocycles. The van der Waals surface area contributed by atoms with Crippen LogP contribution in [0.2, 0.25) is 0 Å². The van der Waals surface area contributed by atoms with Gasteiger partial charge in [-0.2, -0.15) is 0 Å². The highest BCUT2D eigenvalue weighted by Crippen LogP contribution is 2.33. The van der Waals surface area contributed by atoms with Crippen LogP contribution in [0.4, 0.5) is 0 Å². The van der Waals surface area contributed by atoms with Crippen molar-refractivity contribution in [2.24, 2.45) is 0 Å². The third-order valence-corrected chi connectivity index (χ3v) is 5.41. The first-order valence-electron chi connectivity index (χ1n) is 9.11. The van der Waals surface area contributed by atoms with Gasteiger partial charge in [-0.1, -0.05) is 60.7 Å². The smallest absolute Gasteiger partial charge is 0.0884 e. The number of fused-ring (bicyclic) bond motifs is 5. The van der Waals surface area contributed by atoms with Gasteiger partial charge in [0, 0.05) is 6.54 Å². The molecule has 0 aliphatic rings. The Morgan fingerprint density at radius 2 is 1.22 bits per heavy atom. The van der Waals surface area contributed by atoms with Gasteiger partial charge in [-0.05, 0) is 43.9 Å². The van der Waals surface area contributed by atoms with Crippen molar-refractivity contribution in [3.05, 3.63) is 72.3 Å². The van der Waals surface area contributed by atoms with Gasteiger partial charge in [-0.15, -0.1) is 0 Å². The maximum atomic E-state index is 9.60. The first-order valence-corrected chi connectivity index (χ1v) is 9.11. The SMILES string of the molecule is OCC(CO)(CO)NCc1cc2c3ccccc3ccc2c2ccccc12. The predicted octanol–water partition coefficient (Wildman–Crippen LogP) is 2.95. The van der Waals surface area contributed by atoms with Crippen LogP contribution in [0.15, 0.2) is 66.7 Å². The molecule has 4 rings (SSSR count). The van der Waals surface area contributed by atoms with Gasteiger partial charge in [0.2, 0.25) is 0 Å². The lowest BCUT2D eigenvalue weighted by Crippen LogP contribution is -2.54. The highest BCUT2D eigenvalue weighted by Gasteiger charge is 2.27. The summed E-state index contributed by atoms with van der Waals surface area (Å²) in [5.74, 6) is 0. The molecule has 27 heavy (non-hydrogen) atoms. The van der Waals surface area contributed by atoms with Crippen LogP contribution in [-0.4, -0.2) is 40.7 Å². The van der Waals surface area contributed by atoms with E-state index in [2.05, 4.69) is 47.8 Å². The van der Waals surface area contributed by atoms with Gasteiger partial charge in [0.15, 0.2) is 0 Å². The molecule has 0 aliphatic heterocycles. The summed E-state index contributed by atoms with van der Waals surface area (Å²) in [6.45, 7) is -0.585. The Balaban J connectivity index is 1.92. The minimum atomic E-state index is -1.10. The molecule has 0 atom stereocenters. The second-order valence-corrected chi connectivity index (χ2v) is 7.07. The molecule has 0 fully saturated rings. The highest BCUT2D eigenvalue weighted by atomic mass is 16.3. The number of hydrogen-bond acceptors (Lipinski definition) is 4. The Morgan fingerprint density at radius 1 is 0.630 bits per heavy atom. The van der Waals surface area contributed by atoms with E-state index in [1.807, 2.05) is 24.3 Å². The zero-order chi connectivity index (χ0) is 18.9. The predicted molar refractivity (Wildman–Crippen MR) is 110 cm³/mol. The molecule has 0 heterocycles. The van der Waals surface area contributed by atoms with Gasteiger partial charge in [-0.25, -0.2) is 0 Å². The average Bonchev–Trinajstić information content (AvgIpc) is 2.75. The van der Waals surface area contributed by atoms with Crippen LogP contribution in [0.5, 0.6) is 0 Å². The van der Waals surface area contributed by atoms with E-state index < -0.39 is 5.54 Å². The number of aliphatic hydroxyl groups is 3.